The molecule has 1 aromatic carbocycles. The second-order valence-corrected chi connectivity index (χ2v) is 13.3. The Morgan fingerprint density at radius 2 is 1.93 bits per heavy atom. The first-order chi connectivity index (χ1) is 19.1. The van der Waals surface area contributed by atoms with E-state index in [0.717, 1.165) is 36.1 Å². The zero-order chi connectivity index (χ0) is 28.2. The van der Waals surface area contributed by atoms with Gasteiger partial charge in [-0.1, -0.05) is 52.3 Å². The Morgan fingerprint density at radius 1 is 1.15 bits per heavy atom. The molecule has 1 N–H and O–H groups in total. The lowest BCUT2D eigenvalue weighted by molar-refractivity contribution is -0.0857. The van der Waals surface area contributed by atoms with E-state index in [-0.39, 0.29) is 11.5 Å². The highest BCUT2D eigenvalue weighted by molar-refractivity contribution is 5.34. The molecule has 3 fully saturated rings. The van der Waals surface area contributed by atoms with Crippen LogP contribution in [0.2, 0.25) is 0 Å². The van der Waals surface area contributed by atoms with Gasteiger partial charge in [0.15, 0.2) is 5.43 Å². The molecule has 0 unspecified atom stereocenters. The molecule has 2 heterocycles. The van der Waals surface area contributed by atoms with Crippen molar-refractivity contribution in [2.24, 2.45) is 22.7 Å². The molecule has 2 saturated carbocycles. The van der Waals surface area contributed by atoms with Crippen molar-refractivity contribution in [2.45, 2.75) is 96.6 Å². The summed E-state index contributed by atoms with van der Waals surface area (Å²) in [4.78, 5) is 13.4. The van der Waals surface area contributed by atoms with Gasteiger partial charge in [-0.3, -0.25) is 4.79 Å². The van der Waals surface area contributed by atoms with Crippen molar-refractivity contribution < 1.29 is 23.7 Å². The fraction of sp³-hybridized carbons (Fsp3) is 0.618. The first kappa shape index (κ1) is 27.7. The summed E-state index contributed by atoms with van der Waals surface area (Å²) >= 11 is 0. The van der Waals surface area contributed by atoms with Crippen molar-refractivity contribution in [3.8, 4) is 5.75 Å². The van der Waals surface area contributed by atoms with Gasteiger partial charge in [-0.05, 0) is 78.0 Å². The molecule has 40 heavy (non-hydrogen) atoms. The Hall–Kier alpha value is -2.41. The molecule has 2 aromatic rings. The minimum absolute atomic E-state index is 0.161. The number of aliphatic hydroxyl groups is 1. The maximum absolute atomic E-state index is 13.4. The van der Waals surface area contributed by atoms with Crippen LogP contribution in [-0.2, 0) is 22.3 Å². The van der Waals surface area contributed by atoms with Crippen LogP contribution in [0.25, 0.3) is 0 Å². The van der Waals surface area contributed by atoms with E-state index in [0.29, 0.717) is 52.8 Å². The van der Waals surface area contributed by atoms with Gasteiger partial charge in [0, 0.05) is 12.5 Å². The molecule has 1 aromatic heterocycles. The number of methoxy groups -OCH3 is 1. The molecule has 0 spiro atoms. The lowest BCUT2D eigenvalue weighted by atomic mass is 9.46. The van der Waals surface area contributed by atoms with Gasteiger partial charge >= 0.3 is 0 Å². The van der Waals surface area contributed by atoms with Gasteiger partial charge in [0.05, 0.1) is 19.3 Å². The predicted molar refractivity (Wildman–Crippen MR) is 153 cm³/mol. The summed E-state index contributed by atoms with van der Waals surface area (Å²) in [5, 5.41) is 11.0. The summed E-state index contributed by atoms with van der Waals surface area (Å²) < 4.78 is 23.6. The second kappa shape index (κ2) is 10.5. The van der Waals surface area contributed by atoms with Crippen molar-refractivity contribution in [3.63, 3.8) is 0 Å². The molecule has 1 saturated heterocycles. The number of ether oxygens (including phenoxy) is 3. The highest BCUT2D eigenvalue weighted by Gasteiger charge is 2.58. The summed E-state index contributed by atoms with van der Waals surface area (Å²) in [5.74, 6) is 3.03. The zero-order valence-electron chi connectivity index (χ0n) is 24.4. The second-order valence-electron chi connectivity index (χ2n) is 13.3. The number of fused-ring (bicyclic) bond motifs is 4. The molecule has 6 heteroatoms. The topological polar surface area (TPSA) is 81.4 Å². The largest absolute Gasteiger partial charge is 0.497 e. The number of hydrogen-bond donors (Lipinski definition) is 1. The van der Waals surface area contributed by atoms with Crippen LogP contribution in [0.1, 0.15) is 94.2 Å². The number of aliphatic hydroxyl groups excluding tert-OH is 1. The first-order valence-electron chi connectivity index (χ1n) is 15.1. The molecule has 0 bridgehead atoms. The third kappa shape index (κ3) is 4.76. The first-order valence-corrected chi connectivity index (χ1v) is 15.1. The van der Waals surface area contributed by atoms with Gasteiger partial charge in [0.25, 0.3) is 0 Å². The third-order valence-corrected chi connectivity index (χ3v) is 11.2. The van der Waals surface area contributed by atoms with Crippen LogP contribution in [0.15, 0.2) is 51.7 Å². The van der Waals surface area contributed by atoms with E-state index >= 15 is 0 Å². The summed E-state index contributed by atoms with van der Waals surface area (Å²) in [6.07, 6.45) is 6.28. The van der Waals surface area contributed by atoms with E-state index < -0.39 is 18.3 Å². The Labute approximate surface area is 237 Å². The van der Waals surface area contributed by atoms with Crippen molar-refractivity contribution in [2.75, 3.05) is 13.7 Å². The summed E-state index contributed by atoms with van der Waals surface area (Å²) in [6, 6.07) is 9.45. The summed E-state index contributed by atoms with van der Waals surface area (Å²) in [5.41, 5.74) is 3.13. The molecule has 6 nitrogen and oxygen atoms in total. The van der Waals surface area contributed by atoms with Crippen LogP contribution in [0.5, 0.6) is 5.75 Å². The lowest BCUT2D eigenvalue weighted by Crippen LogP contribution is -2.50. The van der Waals surface area contributed by atoms with Crippen molar-refractivity contribution in [1.29, 1.82) is 0 Å². The van der Waals surface area contributed by atoms with Gasteiger partial charge < -0.3 is 23.7 Å². The van der Waals surface area contributed by atoms with Gasteiger partial charge in [0.1, 0.15) is 41.7 Å². The van der Waals surface area contributed by atoms with E-state index in [1.54, 1.807) is 13.2 Å². The molecular weight excluding hydrogens is 504 g/mol. The van der Waals surface area contributed by atoms with E-state index in [1.165, 1.54) is 25.7 Å². The van der Waals surface area contributed by atoms with Crippen LogP contribution in [0.4, 0.5) is 0 Å². The summed E-state index contributed by atoms with van der Waals surface area (Å²) in [7, 11) is 1.65. The predicted octanol–water partition coefficient (Wildman–Crippen LogP) is 6.49. The fourth-order valence-electron chi connectivity index (χ4n) is 7.99. The summed E-state index contributed by atoms with van der Waals surface area (Å²) in [6.45, 7) is 12.2. The van der Waals surface area contributed by atoms with Crippen LogP contribution in [-0.4, -0.2) is 31.0 Å². The monoisotopic (exact) mass is 548 g/mol. The zero-order valence-corrected chi connectivity index (χ0v) is 24.4. The molecule has 8 atom stereocenters. The van der Waals surface area contributed by atoms with Crippen LogP contribution in [0.3, 0.4) is 0 Å². The van der Waals surface area contributed by atoms with Crippen molar-refractivity contribution in [1.82, 2.24) is 0 Å². The van der Waals surface area contributed by atoms with E-state index in [9.17, 15) is 9.90 Å². The van der Waals surface area contributed by atoms with Gasteiger partial charge in [-0.15, -0.1) is 0 Å². The number of aryl methyl sites for hydroxylation is 2. The molecule has 3 aliphatic carbocycles. The van der Waals surface area contributed by atoms with Crippen LogP contribution >= 0.6 is 0 Å². The maximum atomic E-state index is 13.4. The molecule has 1 aliphatic heterocycles. The maximum Gasteiger partial charge on any atom is 0.191 e. The minimum atomic E-state index is -0.899. The fourth-order valence-corrected chi connectivity index (χ4v) is 7.99. The van der Waals surface area contributed by atoms with Crippen LogP contribution < -0.4 is 10.2 Å². The number of rotatable bonds is 8. The lowest BCUT2D eigenvalue weighted by Gasteiger charge is -2.59. The number of epoxide rings is 1. The molecule has 216 valence electrons. The molecule has 0 amide bonds. The highest BCUT2D eigenvalue weighted by Crippen LogP contribution is 2.62. The quantitative estimate of drug-likeness (QED) is 0.300. The number of hydrogen-bond acceptors (Lipinski definition) is 6. The van der Waals surface area contributed by atoms with Gasteiger partial charge in [0.2, 0.25) is 0 Å². The minimum Gasteiger partial charge on any atom is -0.497 e. The SMILES string of the molecule is C=C(CO[C@H]1c2c(oc(CCc3ccc(OC)cc3)cc2=O)[C@H]2O[C@H]2[C@H]1O)[C@@H]1CC[C@]2(C)CCC[C@H](C)[C@@]2(C)C1. The molecule has 0 radical (unpaired) electrons. The molecule has 4 aliphatic rings. The smallest absolute Gasteiger partial charge is 0.191 e. The van der Waals surface area contributed by atoms with Crippen LogP contribution in [0, 0.1) is 22.7 Å². The Morgan fingerprint density at radius 3 is 2.67 bits per heavy atom. The normalized spacial score (nSPS) is 36.2. The Bertz CT molecular complexity index is 1310. The van der Waals surface area contributed by atoms with Crippen molar-refractivity contribution in [3.05, 3.63) is 75.4 Å². The van der Waals surface area contributed by atoms with E-state index in [4.69, 9.17) is 18.6 Å². The van der Waals surface area contributed by atoms with E-state index in [2.05, 4.69) is 27.4 Å². The molecule has 6 rings (SSSR count). The third-order valence-electron chi connectivity index (χ3n) is 11.2. The van der Waals surface area contributed by atoms with Gasteiger partial charge in [-0.2, -0.15) is 0 Å². The molecular formula is C34H44O6. The van der Waals surface area contributed by atoms with Crippen molar-refractivity contribution >= 4 is 0 Å². The number of benzene rings is 1. The Balaban J connectivity index is 1.14. The average Bonchev–Trinajstić information content (AvgIpc) is 3.75. The highest BCUT2D eigenvalue weighted by atomic mass is 16.6. The standard InChI is InChI=1S/C34H44O6/c1-20(23-14-16-33(3)15-6-7-21(2)34(33,4)18-23)19-38-29-27-26(35)17-25(39-30(27)32-31(40-32)28(29)36)13-10-22-8-11-24(37-5)12-9-22/h8-9,11-12,17,21,23,28-29,31-32,36H,1,6-7,10,13-16,18-19H2,2-5H3/t21-,23+,28-,29-,31-,32+,33-,34+/m0/s1. The van der Waals surface area contributed by atoms with Gasteiger partial charge in [-0.25, -0.2) is 0 Å². The average molecular weight is 549 g/mol. The Kier molecular flexibility index (Phi) is 7.25. The van der Waals surface area contributed by atoms with E-state index in [1.807, 2.05) is 24.3 Å².